The number of hydrogen-bond acceptors (Lipinski definition) is 4. The molecule has 4 nitrogen and oxygen atoms in total. The Hall–Kier alpha value is -2.40. The van der Waals surface area contributed by atoms with Crippen LogP contribution < -0.4 is 9.47 Å². The van der Waals surface area contributed by atoms with E-state index >= 15 is 0 Å². The molecule has 2 aromatic carbocycles. The molecule has 1 N–H and O–H groups in total. The maximum absolute atomic E-state index is 5.85. The summed E-state index contributed by atoms with van der Waals surface area (Å²) in [4.78, 5) is 7.19. The summed E-state index contributed by atoms with van der Waals surface area (Å²) >= 11 is 5.25. The normalized spacial score (nSPS) is 10.5. The van der Waals surface area contributed by atoms with Crippen molar-refractivity contribution in [2.45, 2.75) is 6.61 Å². The van der Waals surface area contributed by atoms with E-state index in [0.717, 1.165) is 16.5 Å². The number of aromatic amines is 1. The van der Waals surface area contributed by atoms with Gasteiger partial charge >= 0.3 is 0 Å². The van der Waals surface area contributed by atoms with Crippen molar-refractivity contribution in [1.82, 2.24) is 9.97 Å². The predicted molar refractivity (Wildman–Crippen MR) is 84.3 cm³/mol. The number of nitrogens with zero attached hydrogens (tertiary/aromatic N) is 1. The fraction of sp³-hybridized carbons (Fsp3) is 0.125. The van der Waals surface area contributed by atoms with Crippen molar-refractivity contribution in [3.05, 3.63) is 59.0 Å². The van der Waals surface area contributed by atoms with Gasteiger partial charge in [-0.15, -0.1) is 0 Å². The molecule has 0 atom stereocenters. The van der Waals surface area contributed by atoms with E-state index in [-0.39, 0.29) is 0 Å². The van der Waals surface area contributed by atoms with Crippen LogP contribution in [0.5, 0.6) is 11.5 Å². The standard InChI is InChI=1S/C16H14N2O2S/c1-19-14-7-12-13(17-10-18-16(12)21)8-15(14)20-9-11-5-3-2-4-6-11/h2-8,10H,9H2,1H3,(H,17,18,21). The molecule has 0 unspecified atom stereocenters. The van der Waals surface area contributed by atoms with Gasteiger partial charge < -0.3 is 14.5 Å². The minimum atomic E-state index is 0.475. The van der Waals surface area contributed by atoms with Crippen LogP contribution in [0.25, 0.3) is 10.9 Å². The van der Waals surface area contributed by atoms with Crippen LogP contribution in [0.2, 0.25) is 0 Å². The fourth-order valence-corrected chi connectivity index (χ4v) is 2.30. The van der Waals surface area contributed by atoms with Crippen molar-refractivity contribution in [3.8, 4) is 11.5 Å². The molecule has 0 aliphatic carbocycles. The SMILES string of the molecule is COc1cc2c(=S)[nH]cnc2cc1OCc1ccccc1. The van der Waals surface area contributed by atoms with Gasteiger partial charge in [-0.1, -0.05) is 42.5 Å². The highest BCUT2D eigenvalue weighted by Crippen LogP contribution is 2.32. The molecule has 0 bridgehead atoms. The van der Waals surface area contributed by atoms with Crippen LogP contribution in [0.1, 0.15) is 5.56 Å². The van der Waals surface area contributed by atoms with E-state index in [0.29, 0.717) is 22.7 Å². The van der Waals surface area contributed by atoms with Gasteiger partial charge in [0.05, 0.1) is 19.0 Å². The van der Waals surface area contributed by atoms with Crippen molar-refractivity contribution in [1.29, 1.82) is 0 Å². The Morgan fingerprint density at radius 2 is 1.95 bits per heavy atom. The van der Waals surface area contributed by atoms with Gasteiger partial charge in [0.1, 0.15) is 11.2 Å². The molecule has 3 rings (SSSR count). The van der Waals surface area contributed by atoms with Crippen LogP contribution in [0.15, 0.2) is 48.8 Å². The topological polar surface area (TPSA) is 47.1 Å². The number of benzene rings is 2. The highest BCUT2D eigenvalue weighted by Gasteiger charge is 2.09. The quantitative estimate of drug-likeness (QED) is 0.743. The summed E-state index contributed by atoms with van der Waals surface area (Å²) in [6, 6.07) is 13.7. The largest absolute Gasteiger partial charge is 0.493 e. The van der Waals surface area contributed by atoms with E-state index in [1.807, 2.05) is 42.5 Å². The van der Waals surface area contributed by atoms with Crippen LogP contribution >= 0.6 is 12.2 Å². The van der Waals surface area contributed by atoms with Crippen LogP contribution in [-0.4, -0.2) is 17.1 Å². The van der Waals surface area contributed by atoms with Crippen LogP contribution in [0, 0.1) is 4.64 Å². The van der Waals surface area contributed by atoms with Crippen molar-refractivity contribution in [3.63, 3.8) is 0 Å². The molecule has 0 saturated carbocycles. The van der Waals surface area contributed by atoms with E-state index in [1.165, 1.54) is 0 Å². The van der Waals surface area contributed by atoms with E-state index in [9.17, 15) is 0 Å². The predicted octanol–water partition coefficient (Wildman–Crippen LogP) is 3.88. The number of hydrogen-bond donors (Lipinski definition) is 1. The average Bonchev–Trinajstić information content (AvgIpc) is 2.53. The number of rotatable bonds is 4. The van der Waals surface area contributed by atoms with Crippen LogP contribution in [0.4, 0.5) is 0 Å². The molecule has 0 fully saturated rings. The first-order chi connectivity index (χ1) is 10.3. The third-order valence-electron chi connectivity index (χ3n) is 3.16. The van der Waals surface area contributed by atoms with Gasteiger partial charge in [-0.2, -0.15) is 0 Å². The molecule has 0 aliphatic rings. The summed E-state index contributed by atoms with van der Waals surface area (Å²) < 4.78 is 11.9. The second-order valence-corrected chi connectivity index (χ2v) is 4.93. The second kappa shape index (κ2) is 5.93. The van der Waals surface area contributed by atoms with Crippen molar-refractivity contribution < 1.29 is 9.47 Å². The second-order valence-electron chi connectivity index (χ2n) is 4.53. The molecule has 1 aromatic heterocycles. The van der Waals surface area contributed by atoms with E-state index in [1.54, 1.807) is 13.4 Å². The highest BCUT2D eigenvalue weighted by atomic mass is 32.1. The zero-order chi connectivity index (χ0) is 14.7. The Morgan fingerprint density at radius 3 is 2.71 bits per heavy atom. The summed E-state index contributed by atoms with van der Waals surface area (Å²) in [5, 5.41) is 0.844. The minimum Gasteiger partial charge on any atom is -0.493 e. The number of H-pyrrole nitrogens is 1. The van der Waals surface area contributed by atoms with Crippen LogP contribution in [-0.2, 0) is 6.61 Å². The molecule has 0 spiro atoms. The number of aromatic nitrogens is 2. The van der Waals surface area contributed by atoms with Gasteiger partial charge in [-0.25, -0.2) is 4.98 Å². The third kappa shape index (κ3) is 2.87. The lowest BCUT2D eigenvalue weighted by Gasteiger charge is -2.11. The van der Waals surface area contributed by atoms with Gasteiger partial charge in [0.15, 0.2) is 11.5 Å². The molecule has 0 aliphatic heterocycles. The van der Waals surface area contributed by atoms with Gasteiger partial charge in [0.2, 0.25) is 0 Å². The average molecular weight is 298 g/mol. The van der Waals surface area contributed by atoms with Gasteiger partial charge in [0.25, 0.3) is 0 Å². The lowest BCUT2D eigenvalue weighted by molar-refractivity contribution is 0.285. The molecule has 0 saturated heterocycles. The van der Waals surface area contributed by atoms with Gasteiger partial charge in [-0.05, 0) is 11.6 Å². The molecule has 21 heavy (non-hydrogen) atoms. The maximum Gasteiger partial charge on any atom is 0.163 e. The number of nitrogens with one attached hydrogen (secondary N) is 1. The molecule has 0 radical (unpaired) electrons. The summed E-state index contributed by atoms with van der Waals surface area (Å²) in [7, 11) is 1.61. The molecule has 106 valence electrons. The zero-order valence-corrected chi connectivity index (χ0v) is 12.3. The molecule has 5 heteroatoms. The Balaban J connectivity index is 1.96. The van der Waals surface area contributed by atoms with E-state index < -0.39 is 0 Å². The van der Waals surface area contributed by atoms with Gasteiger partial charge in [0, 0.05) is 11.5 Å². The third-order valence-corrected chi connectivity index (χ3v) is 3.50. The van der Waals surface area contributed by atoms with Gasteiger partial charge in [-0.3, -0.25) is 0 Å². The van der Waals surface area contributed by atoms with Crippen molar-refractivity contribution in [2.24, 2.45) is 0 Å². The Bertz CT molecular complexity index is 815. The smallest absolute Gasteiger partial charge is 0.163 e. The number of ether oxygens (including phenoxy) is 2. The zero-order valence-electron chi connectivity index (χ0n) is 11.5. The van der Waals surface area contributed by atoms with Crippen molar-refractivity contribution in [2.75, 3.05) is 7.11 Å². The monoisotopic (exact) mass is 298 g/mol. The number of methoxy groups -OCH3 is 1. The Kier molecular flexibility index (Phi) is 3.83. The first-order valence-corrected chi connectivity index (χ1v) is 6.91. The molecular weight excluding hydrogens is 284 g/mol. The molecule has 0 amide bonds. The van der Waals surface area contributed by atoms with E-state index in [2.05, 4.69) is 9.97 Å². The first-order valence-electron chi connectivity index (χ1n) is 6.50. The summed E-state index contributed by atoms with van der Waals surface area (Å²) in [6.45, 7) is 0.475. The Morgan fingerprint density at radius 1 is 1.14 bits per heavy atom. The molecule has 3 aromatic rings. The molecule has 1 heterocycles. The molecular formula is C16H14N2O2S. The lowest BCUT2D eigenvalue weighted by atomic mass is 10.2. The lowest BCUT2D eigenvalue weighted by Crippen LogP contribution is -1.98. The fourth-order valence-electron chi connectivity index (χ4n) is 2.08. The first kappa shape index (κ1) is 13.6. The van der Waals surface area contributed by atoms with Crippen molar-refractivity contribution >= 4 is 23.1 Å². The number of fused-ring (bicyclic) bond motifs is 1. The van der Waals surface area contributed by atoms with Crippen LogP contribution in [0.3, 0.4) is 0 Å². The summed E-state index contributed by atoms with van der Waals surface area (Å²) in [6.07, 6.45) is 1.58. The summed E-state index contributed by atoms with van der Waals surface area (Å²) in [5.74, 6) is 1.30. The van der Waals surface area contributed by atoms with E-state index in [4.69, 9.17) is 21.7 Å². The maximum atomic E-state index is 5.85. The highest BCUT2D eigenvalue weighted by molar-refractivity contribution is 7.71. The summed E-state index contributed by atoms with van der Waals surface area (Å²) in [5.41, 5.74) is 1.88. The minimum absolute atomic E-state index is 0.475. The Labute approximate surface area is 127 Å².